The van der Waals surface area contributed by atoms with Gasteiger partial charge in [0, 0.05) is 43.0 Å². The number of para-hydroxylation sites is 1. The molecular formula is C22H21N3O3S. The Morgan fingerprint density at radius 2 is 1.97 bits per heavy atom. The lowest BCUT2D eigenvalue weighted by Gasteiger charge is -2.17. The highest BCUT2D eigenvalue weighted by Gasteiger charge is 2.31. The van der Waals surface area contributed by atoms with Crippen molar-refractivity contribution in [3.63, 3.8) is 0 Å². The van der Waals surface area contributed by atoms with Gasteiger partial charge in [0.15, 0.2) is 0 Å². The Hall–Kier alpha value is -3.06. The third kappa shape index (κ3) is 4.35. The molecule has 2 aromatic carbocycles. The van der Waals surface area contributed by atoms with Crippen molar-refractivity contribution in [2.24, 2.45) is 0 Å². The van der Waals surface area contributed by atoms with E-state index in [0.717, 1.165) is 45.2 Å². The van der Waals surface area contributed by atoms with E-state index < -0.39 is 0 Å². The second kappa shape index (κ2) is 8.13. The number of pyridine rings is 1. The van der Waals surface area contributed by atoms with Gasteiger partial charge in [0.1, 0.15) is 12.4 Å². The van der Waals surface area contributed by atoms with Crippen LogP contribution >= 0.6 is 11.8 Å². The molecule has 0 radical (unpaired) electrons. The van der Waals surface area contributed by atoms with E-state index in [1.807, 2.05) is 50.5 Å². The van der Waals surface area contributed by atoms with Gasteiger partial charge in [-0.25, -0.2) is 0 Å². The highest BCUT2D eigenvalue weighted by Crippen LogP contribution is 2.26. The van der Waals surface area contributed by atoms with Gasteiger partial charge < -0.3 is 9.64 Å². The highest BCUT2D eigenvalue weighted by atomic mass is 32.2. The van der Waals surface area contributed by atoms with Crippen LogP contribution in [-0.2, 0) is 17.8 Å². The predicted octanol–water partition coefficient (Wildman–Crippen LogP) is 3.77. The van der Waals surface area contributed by atoms with Crippen molar-refractivity contribution in [2.75, 3.05) is 19.0 Å². The molecule has 0 aliphatic carbocycles. The summed E-state index contributed by atoms with van der Waals surface area (Å²) in [5.41, 5.74) is 3.99. The first-order chi connectivity index (χ1) is 14.0. The van der Waals surface area contributed by atoms with Gasteiger partial charge in [-0.3, -0.25) is 19.9 Å². The molecule has 6 nitrogen and oxygen atoms in total. The molecule has 0 bridgehead atoms. The molecule has 2 amide bonds. The Morgan fingerprint density at radius 1 is 1.14 bits per heavy atom. The minimum Gasteiger partial charge on any atom is -0.489 e. The highest BCUT2D eigenvalue weighted by molar-refractivity contribution is 8.15. The Bertz CT molecular complexity index is 1080. The summed E-state index contributed by atoms with van der Waals surface area (Å²) in [6.45, 7) is 0.472. The number of nitrogens with zero attached hydrogens (tertiary/aromatic N) is 2. The van der Waals surface area contributed by atoms with E-state index in [2.05, 4.69) is 27.3 Å². The number of imide groups is 1. The van der Waals surface area contributed by atoms with Crippen LogP contribution in [0.1, 0.15) is 11.1 Å². The Kier molecular flexibility index (Phi) is 5.40. The average Bonchev–Trinajstić information content (AvgIpc) is 3.03. The van der Waals surface area contributed by atoms with Gasteiger partial charge in [-0.05, 0) is 36.2 Å². The van der Waals surface area contributed by atoms with E-state index in [9.17, 15) is 9.59 Å². The van der Waals surface area contributed by atoms with Crippen LogP contribution in [0.5, 0.6) is 5.75 Å². The van der Waals surface area contributed by atoms with Crippen LogP contribution in [0.25, 0.3) is 10.9 Å². The van der Waals surface area contributed by atoms with Crippen molar-refractivity contribution < 1.29 is 14.3 Å². The maximum atomic E-state index is 11.8. The molecular weight excluding hydrogens is 386 g/mol. The molecule has 1 aliphatic rings. The number of anilines is 1. The van der Waals surface area contributed by atoms with E-state index in [0.29, 0.717) is 13.0 Å². The Labute approximate surface area is 173 Å². The van der Waals surface area contributed by atoms with Crippen molar-refractivity contribution in [2.45, 2.75) is 18.3 Å². The summed E-state index contributed by atoms with van der Waals surface area (Å²) in [5.74, 6) is 0.518. The maximum absolute atomic E-state index is 11.8. The number of hydrogen-bond donors (Lipinski definition) is 1. The van der Waals surface area contributed by atoms with Crippen LogP contribution in [0.15, 0.2) is 54.7 Å². The summed E-state index contributed by atoms with van der Waals surface area (Å²) in [4.78, 5) is 29.7. The number of hydrogen-bond acceptors (Lipinski definition) is 6. The first kappa shape index (κ1) is 19.3. The van der Waals surface area contributed by atoms with E-state index in [-0.39, 0.29) is 16.4 Å². The molecule has 1 saturated heterocycles. The lowest BCUT2D eigenvalue weighted by atomic mass is 10.1. The van der Waals surface area contributed by atoms with Crippen LogP contribution in [0, 0.1) is 0 Å². The minimum absolute atomic E-state index is 0.234. The SMILES string of the molecule is CN(C)c1ccccc1COc1ccc2cc(CC3SC(=O)NC3=O)cnc2c1. The minimum atomic E-state index is -0.388. The van der Waals surface area contributed by atoms with Crippen LogP contribution in [0.2, 0.25) is 0 Å². The molecule has 1 aliphatic heterocycles. The van der Waals surface area contributed by atoms with Gasteiger partial charge in [-0.2, -0.15) is 0 Å². The first-order valence-corrected chi connectivity index (χ1v) is 10.2. The average molecular weight is 407 g/mol. The van der Waals surface area contributed by atoms with Gasteiger partial charge >= 0.3 is 0 Å². The maximum Gasteiger partial charge on any atom is 0.286 e. The van der Waals surface area contributed by atoms with Gasteiger partial charge in [0.25, 0.3) is 5.24 Å². The number of thioether (sulfide) groups is 1. The normalized spacial score (nSPS) is 16.1. The number of carbonyl (C=O) groups excluding carboxylic acids is 2. The van der Waals surface area contributed by atoms with E-state index >= 15 is 0 Å². The van der Waals surface area contributed by atoms with Gasteiger partial charge in [0.05, 0.1) is 10.8 Å². The summed E-state index contributed by atoms with van der Waals surface area (Å²) in [5, 5.41) is 2.61. The fraction of sp³-hybridized carbons (Fsp3) is 0.227. The van der Waals surface area contributed by atoms with E-state index in [1.54, 1.807) is 6.20 Å². The molecule has 1 fully saturated rings. The number of fused-ring (bicyclic) bond motifs is 1. The van der Waals surface area contributed by atoms with Crippen molar-refractivity contribution in [3.8, 4) is 5.75 Å². The molecule has 0 spiro atoms. The number of amides is 2. The summed E-state index contributed by atoms with van der Waals surface area (Å²) in [6.07, 6.45) is 2.23. The summed E-state index contributed by atoms with van der Waals surface area (Å²) in [6, 6.07) is 16.0. The van der Waals surface area contributed by atoms with Crippen molar-refractivity contribution in [3.05, 3.63) is 65.9 Å². The third-order valence-electron chi connectivity index (χ3n) is 4.77. The van der Waals surface area contributed by atoms with Gasteiger partial charge in [-0.1, -0.05) is 30.0 Å². The lowest BCUT2D eigenvalue weighted by Crippen LogP contribution is -2.25. The quantitative estimate of drug-likeness (QED) is 0.671. The topological polar surface area (TPSA) is 71.5 Å². The summed E-state index contributed by atoms with van der Waals surface area (Å²) < 4.78 is 5.99. The van der Waals surface area contributed by atoms with Crippen LogP contribution in [0.4, 0.5) is 10.5 Å². The molecule has 0 saturated carbocycles. The molecule has 1 aromatic heterocycles. The molecule has 1 atom stereocenters. The molecule has 1 unspecified atom stereocenters. The zero-order chi connectivity index (χ0) is 20.4. The molecule has 2 heterocycles. The number of nitrogens with one attached hydrogen (secondary N) is 1. The molecule has 3 aromatic rings. The van der Waals surface area contributed by atoms with Crippen LogP contribution in [-0.4, -0.2) is 35.5 Å². The zero-order valence-corrected chi connectivity index (χ0v) is 17.0. The largest absolute Gasteiger partial charge is 0.489 e. The number of benzene rings is 2. The molecule has 7 heteroatoms. The lowest BCUT2D eigenvalue weighted by molar-refractivity contribution is -0.118. The second-order valence-corrected chi connectivity index (χ2v) is 8.27. The van der Waals surface area contributed by atoms with Gasteiger partial charge in [0.2, 0.25) is 5.91 Å². The molecule has 148 valence electrons. The fourth-order valence-electron chi connectivity index (χ4n) is 3.32. The first-order valence-electron chi connectivity index (χ1n) is 9.28. The van der Waals surface area contributed by atoms with Crippen molar-refractivity contribution in [1.29, 1.82) is 0 Å². The fourth-order valence-corrected chi connectivity index (χ4v) is 4.18. The summed E-state index contributed by atoms with van der Waals surface area (Å²) in [7, 11) is 4.03. The predicted molar refractivity (Wildman–Crippen MR) is 115 cm³/mol. The monoisotopic (exact) mass is 407 g/mol. The van der Waals surface area contributed by atoms with Crippen molar-refractivity contribution >= 4 is 39.5 Å². The number of ether oxygens (including phenoxy) is 1. The molecule has 1 N–H and O–H groups in total. The van der Waals surface area contributed by atoms with E-state index in [1.165, 1.54) is 0 Å². The Morgan fingerprint density at radius 3 is 2.72 bits per heavy atom. The Balaban J connectivity index is 1.47. The number of carbonyl (C=O) groups is 2. The number of aromatic nitrogens is 1. The summed E-state index contributed by atoms with van der Waals surface area (Å²) >= 11 is 1.03. The standard InChI is InChI=1S/C22H21N3O3S/c1-25(2)19-6-4-3-5-16(19)13-28-17-8-7-15-9-14(12-23-18(15)11-17)10-20-21(26)24-22(27)29-20/h3-9,11-12,20H,10,13H2,1-2H3,(H,24,26,27). The van der Waals surface area contributed by atoms with Gasteiger partial charge in [-0.15, -0.1) is 0 Å². The zero-order valence-electron chi connectivity index (χ0n) is 16.2. The molecule has 29 heavy (non-hydrogen) atoms. The van der Waals surface area contributed by atoms with E-state index in [4.69, 9.17) is 4.74 Å². The van der Waals surface area contributed by atoms with Crippen molar-refractivity contribution in [1.82, 2.24) is 10.3 Å². The molecule has 4 rings (SSSR count). The second-order valence-electron chi connectivity index (χ2n) is 7.10. The third-order valence-corrected chi connectivity index (χ3v) is 5.75. The number of rotatable bonds is 6. The smallest absolute Gasteiger partial charge is 0.286 e. The van der Waals surface area contributed by atoms with Crippen LogP contribution in [0.3, 0.4) is 0 Å². The van der Waals surface area contributed by atoms with Crippen LogP contribution < -0.4 is 15.0 Å².